The molecular formula is C19H23N7O2. The summed E-state index contributed by atoms with van der Waals surface area (Å²) in [5.74, 6) is 0.669. The smallest absolute Gasteiger partial charge is 0.253 e. The highest BCUT2D eigenvalue weighted by Crippen LogP contribution is 2.23. The number of carbonyl (C=O) groups excluding carboxylic acids is 1. The molecule has 9 nitrogen and oxygen atoms in total. The van der Waals surface area contributed by atoms with E-state index in [1.807, 2.05) is 44.2 Å². The van der Waals surface area contributed by atoms with E-state index in [2.05, 4.69) is 25.7 Å². The van der Waals surface area contributed by atoms with Crippen LogP contribution in [0.3, 0.4) is 0 Å². The molecular weight excluding hydrogens is 358 g/mol. The summed E-state index contributed by atoms with van der Waals surface area (Å²) in [5.41, 5.74) is 3.53. The van der Waals surface area contributed by atoms with Crippen molar-refractivity contribution in [2.24, 2.45) is 5.92 Å². The number of amides is 1. The standard InChI is InChI=1S/C19H23N7O2/c1-12-7-17(22-20-12)8-16-10-25(11-18(16)27)19(28)15-5-3-14(4-6-15)9-26-13(2)21-23-24-26/h3-7,16,18,27H,8-11H2,1-2H3,(H,20,22)/t16-,18-/m1/s1. The molecule has 146 valence electrons. The van der Waals surface area contributed by atoms with Gasteiger partial charge in [0, 0.05) is 30.3 Å². The first-order valence-corrected chi connectivity index (χ1v) is 9.29. The Bertz CT molecular complexity index is 963. The fourth-order valence-electron chi connectivity index (χ4n) is 3.57. The van der Waals surface area contributed by atoms with E-state index in [4.69, 9.17) is 0 Å². The number of β-amino-alcohol motifs (C(OH)–C–C–N with tert-alkyl or cyclic N) is 1. The normalized spacial score (nSPS) is 19.3. The Morgan fingerprint density at radius 3 is 2.68 bits per heavy atom. The number of nitrogens with one attached hydrogen (secondary N) is 1. The average Bonchev–Trinajstić information content (AvgIpc) is 3.38. The maximum absolute atomic E-state index is 12.8. The molecule has 1 saturated heterocycles. The van der Waals surface area contributed by atoms with E-state index >= 15 is 0 Å². The van der Waals surface area contributed by atoms with Crippen LogP contribution in [0.25, 0.3) is 0 Å². The summed E-state index contributed by atoms with van der Waals surface area (Å²) in [6.45, 7) is 5.22. The Morgan fingerprint density at radius 2 is 2.04 bits per heavy atom. The third-order valence-electron chi connectivity index (χ3n) is 5.17. The lowest BCUT2D eigenvalue weighted by molar-refractivity contribution is 0.0764. The van der Waals surface area contributed by atoms with Crippen LogP contribution in [0, 0.1) is 19.8 Å². The van der Waals surface area contributed by atoms with Crippen LogP contribution in [0.2, 0.25) is 0 Å². The zero-order chi connectivity index (χ0) is 19.7. The van der Waals surface area contributed by atoms with E-state index in [0.29, 0.717) is 31.6 Å². The molecule has 0 saturated carbocycles. The number of aryl methyl sites for hydroxylation is 2. The lowest BCUT2D eigenvalue weighted by atomic mass is 10.00. The third kappa shape index (κ3) is 3.79. The highest BCUT2D eigenvalue weighted by molar-refractivity contribution is 5.94. The number of H-pyrrole nitrogens is 1. The topological polar surface area (TPSA) is 113 Å². The molecule has 2 atom stereocenters. The van der Waals surface area contributed by atoms with E-state index in [1.54, 1.807) is 9.58 Å². The Labute approximate surface area is 162 Å². The molecule has 3 aromatic rings. The molecule has 1 fully saturated rings. The molecule has 1 aliphatic rings. The van der Waals surface area contributed by atoms with E-state index in [0.717, 1.165) is 22.8 Å². The third-order valence-corrected chi connectivity index (χ3v) is 5.17. The second-order valence-electron chi connectivity index (χ2n) is 7.36. The summed E-state index contributed by atoms with van der Waals surface area (Å²) in [6.07, 6.45) is 0.113. The summed E-state index contributed by atoms with van der Waals surface area (Å²) >= 11 is 0. The maximum atomic E-state index is 12.8. The van der Waals surface area contributed by atoms with Crippen molar-refractivity contribution in [2.75, 3.05) is 13.1 Å². The first-order chi connectivity index (χ1) is 13.5. The van der Waals surface area contributed by atoms with Gasteiger partial charge in [-0.25, -0.2) is 4.68 Å². The molecule has 28 heavy (non-hydrogen) atoms. The molecule has 2 N–H and O–H groups in total. The van der Waals surface area contributed by atoms with Crippen molar-refractivity contribution in [3.8, 4) is 0 Å². The second kappa shape index (κ2) is 7.51. The molecule has 2 aromatic heterocycles. The number of nitrogens with zero attached hydrogens (tertiary/aromatic N) is 6. The monoisotopic (exact) mass is 381 g/mol. The van der Waals surface area contributed by atoms with Crippen LogP contribution in [0.4, 0.5) is 0 Å². The number of aliphatic hydroxyl groups excluding tert-OH is 1. The number of carbonyl (C=O) groups is 1. The summed E-state index contributed by atoms with van der Waals surface area (Å²) in [7, 11) is 0. The van der Waals surface area contributed by atoms with Crippen LogP contribution in [0.1, 0.15) is 33.1 Å². The molecule has 0 bridgehead atoms. The average molecular weight is 381 g/mol. The second-order valence-corrected chi connectivity index (χ2v) is 7.36. The Hall–Kier alpha value is -3.07. The summed E-state index contributed by atoms with van der Waals surface area (Å²) in [4.78, 5) is 14.6. The van der Waals surface area contributed by atoms with Gasteiger partial charge in [-0.15, -0.1) is 5.10 Å². The largest absolute Gasteiger partial charge is 0.391 e. The van der Waals surface area contributed by atoms with Gasteiger partial charge >= 0.3 is 0 Å². The minimum Gasteiger partial charge on any atom is -0.391 e. The fraction of sp³-hybridized carbons (Fsp3) is 0.421. The number of rotatable bonds is 5. The molecule has 1 amide bonds. The number of hydrogen-bond acceptors (Lipinski definition) is 6. The molecule has 4 rings (SSSR count). The number of likely N-dealkylation sites (tertiary alicyclic amines) is 1. The van der Waals surface area contributed by atoms with Gasteiger partial charge in [-0.05, 0) is 54.5 Å². The van der Waals surface area contributed by atoms with Gasteiger partial charge in [0.05, 0.1) is 18.3 Å². The Balaban J connectivity index is 1.39. The number of tetrazole rings is 1. The van der Waals surface area contributed by atoms with Crippen LogP contribution < -0.4 is 0 Å². The van der Waals surface area contributed by atoms with E-state index in [9.17, 15) is 9.90 Å². The fourth-order valence-corrected chi connectivity index (χ4v) is 3.57. The SMILES string of the molecule is Cc1cc(C[C@@H]2CN(C(=O)c3ccc(Cn4nnnc4C)cc3)C[C@H]2O)n[nH]1. The van der Waals surface area contributed by atoms with Crippen LogP contribution in [0.5, 0.6) is 0 Å². The number of aromatic nitrogens is 6. The van der Waals surface area contributed by atoms with Crippen molar-refractivity contribution in [1.82, 2.24) is 35.3 Å². The summed E-state index contributed by atoms with van der Waals surface area (Å²) in [6, 6.07) is 9.42. The minimum absolute atomic E-state index is 0.00582. The number of hydrogen-bond donors (Lipinski definition) is 2. The van der Waals surface area contributed by atoms with Crippen LogP contribution >= 0.6 is 0 Å². The molecule has 0 radical (unpaired) electrons. The number of aromatic amines is 1. The number of aliphatic hydroxyl groups is 1. The molecule has 0 aliphatic carbocycles. The first kappa shape index (κ1) is 18.3. The van der Waals surface area contributed by atoms with Crippen molar-refractivity contribution >= 4 is 5.91 Å². The zero-order valence-electron chi connectivity index (χ0n) is 15.9. The van der Waals surface area contributed by atoms with Crippen molar-refractivity contribution in [3.63, 3.8) is 0 Å². The summed E-state index contributed by atoms with van der Waals surface area (Å²) < 4.78 is 1.70. The van der Waals surface area contributed by atoms with Crippen molar-refractivity contribution < 1.29 is 9.90 Å². The molecule has 1 aromatic carbocycles. The van der Waals surface area contributed by atoms with Crippen LogP contribution in [0.15, 0.2) is 30.3 Å². The lowest BCUT2D eigenvalue weighted by Crippen LogP contribution is -2.29. The molecule has 3 heterocycles. The van der Waals surface area contributed by atoms with E-state index in [1.165, 1.54) is 0 Å². The first-order valence-electron chi connectivity index (χ1n) is 9.29. The highest BCUT2D eigenvalue weighted by Gasteiger charge is 2.34. The van der Waals surface area contributed by atoms with Gasteiger partial charge in [0.2, 0.25) is 0 Å². The Kier molecular flexibility index (Phi) is 4.91. The quantitative estimate of drug-likeness (QED) is 0.674. The maximum Gasteiger partial charge on any atom is 0.253 e. The van der Waals surface area contributed by atoms with Gasteiger partial charge in [0.25, 0.3) is 5.91 Å². The molecule has 0 spiro atoms. The van der Waals surface area contributed by atoms with Crippen LogP contribution in [-0.4, -0.2) is 65.5 Å². The molecule has 0 unspecified atom stereocenters. The summed E-state index contributed by atoms with van der Waals surface area (Å²) in [5, 5.41) is 29.0. The molecule has 1 aliphatic heterocycles. The van der Waals surface area contributed by atoms with E-state index < -0.39 is 6.10 Å². The molecule has 9 heteroatoms. The van der Waals surface area contributed by atoms with Gasteiger partial charge in [-0.2, -0.15) is 5.10 Å². The predicted octanol–water partition coefficient (Wildman–Crippen LogP) is 0.737. The zero-order valence-corrected chi connectivity index (χ0v) is 15.9. The number of benzene rings is 1. The van der Waals surface area contributed by atoms with Gasteiger partial charge in [0.15, 0.2) is 0 Å². The highest BCUT2D eigenvalue weighted by atomic mass is 16.3. The van der Waals surface area contributed by atoms with Crippen molar-refractivity contribution in [3.05, 3.63) is 58.7 Å². The van der Waals surface area contributed by atoms with Gasteiger partial charge < -0.3 is 10.0 Å². The lowest BCUT2D eigenvalue weighted by Gasteiger charge is -2.16. The van der Waals surface area contributed by atoms with Crippen molar-refractivity contribution in [1.29, 1.82) is 0 Å². The van der Waals surface area contributed by atoms with E-state index in [-0.39, 0.29) is 11.8 Å². The van der Waals surface area contributed by atoms with Gasteiger partial charge in [0.1, 0.15) is 5.82 Å². The van der Waals surface area contributed by atoms with Crippen molar-refractivity contribution in [2.45, 2.75) is 32.9 Å². The Morgan fingerprint density at radius 1 is 1.25 bits per heavy atom. The predicted molar refractivity (Wildman–Crippen MR) is 101 cm³/mol. The van der Waals surface area contributed by atoms with Gasteiger partial charge in [-0.1, -0.05) is 12.1 Å². The minimum atomic E-state index is -0.539. The van der Waals surface area contributed by atoms with Gasteiger partial charge in [-0.3, -0.25) is 9.89 Å². The van der Waals surface area contributed by atoms with Crippen LogP contribution in [-0.2, 0) is 13.0 Å².